The summed E-state index contributed by atoms with van der Waals surface area (Å²) in [5.74, 6) is 2.69. The molecule has 18 heavy (non-hydrogen) atoms. The second kappa shape index (κ2) is 6.78. The average molecular weight is 270 g/mol. The molecule has 4 nitrogen and oxygen atoms in total. The van der Waals surface area contributed by atoms with Crippen LogP contribution in [0, 0.1) is 5.82 Å². The quantitative estimate of drug-likeness (QED) is 0.861. The molecule has 0 aliphatic carbocycles. The van der Waals surface area contributed by atoms with Crippen LogP contribution in [-0.4, -0.2) is 34.1 Å². The Morgan fingerprint density at radius 1 is 1.44 bits per heavy atom. The molecule has 0 aromatic carbocycles. The fourth-order valence-corrected chi connectivity index (χ4v) is 2.93. The zero-order valence-electron chi connectivity index (χ0n) is 10.6. The van der Waals surface area contributed by atoms with Gasteiger partial charge in [-0.3, -0.25) is 0 Å². The Kier molecular flexibility index (Phi) is 5.04. The number of rotatable bonds is 5. The molecular formula is C12H19FN4S. The summed E-state index contributed by atoms with van der Waals surface area (Å²) in [6, 6.07) is 0.328. The van der Waals surface area contributed by atoms with Gasteiger partial charge in [0.25, 0.3) is 0 Å². The van der Waals surface area contributed by atoms with E-state index in [0.717, 1.165) is 37.3 Å². The lowest BCUT2D eigenvalue weighted by molar-refractivity contribution is 0.601. The molecule has 100 valence electrons. The van der Waals surface area contributed by atoms with Crippen LogP contribution in [0.3, 0.4) is 0 Å². The van der Waals surface area contributed by atoms with E-state index in [1.165, 1.54) is 6.20 Å². The summed E-state index contributed by atoms with van der Waals surface area (Å²) in [7, 11) is 0. The average Bonchev–Trinajstić information content (AvgIpc) is 2.41. The minimum absolute atomic E-state index is 0.320. The van der Waals surface area contributed by atoms with E-state index in [0.29, 0.717) is 17.8 Å². The zero-order valence-corrected chi connectivity index (χ0v) is 11.4. The van der Waals surface area contributed by atoms with Gasteiger partial charge in [0.2, 0.25) is 5.95 Å². The maximum atomic E-state index is 13.6. The Morgan fingerprint density at radius 3 is 2.94 bits per heavy atom. The molecule has 0 saturated carbocycles. The van der Waals surface area contributed by atoms with Gasteiger partial charge >= 0.3 is 0 Å². The highest BCUT2D eigenvalue weighted by molar-refractivity contribution is 7.99. The molecule has 2 heterocycles. The summed E-state index contributed by atoms with van der Waals surface area (Å²) in [6.45, 7) is 2.86. The minimum Gasteiger partial charge on any atom is -0.365 e. The van der Waals surface area contributed by atoms with Gasteiger partial charge < -0.3 is 10.6 Å². The highest BCUT2D eigenvalue weighted by atomic mass is 32.2. The standard InChI is InChI=1S/C12H19FN4S/c1-2-5-14-12-15-8-10(13)11(17-12)16-9-3-6-18-7-4-9/h8-9H,2-7H2,1H3,(H2,14,15,16,17). The molecule has 0 amide bonds. The van der Waals surface area contributed by atoms with Crippen LogP contribution in [0.4, 0.5) is 16.2 Å². The first-order chi connectivity index (χ1) is 8.79. The molecule has 0 atom stereocenters. The molecule has 0 radical (unpaired) electrons. The molecule has 2 rings (SSSR count). The van der Waals surface area contributed by atoms with Crippen LogP contribution in [-0.2, 0) is 0 Å². The first kappa shape index (κ1) is 13.4. The number of anilines is 2. The molecule has 0 bridgehead atoms. The van der Waals surface area contributed by atoms with Crippen molar-refractivity contribution >= 4 is 23.5 Å². The third-order valence-corrected chi connectivity index (χ3v) is 3.89. The van der Waals surface area contributed by atoms with E-state index in [1.54, 1.807) is 0 Å². The van der Waals surface area contributed by atoms with Gasteiger partial charge in [0.1, 0.15) is 0 Å². The van der Waals surface area contributed by atoms with E-state index in [4.69, 9.17) is 0 Å². The fourth-order valence-electron chi connectivity index (χ4n) is 1.83. The number of nitrogens with one attached hydrogen (secondary N) is 2. The first-order valence-electron chi connectivity index (χ1n) is 6.40. The van der Waals surface area contributed by atoms with Gasteiger partial charge in [-0.1, -0.05) is 6.92 Å². The topological polar surface area (TPSA) is 49.8 Å². The summed E-state index contributed by atoms with van der Waals surface area (Å²) in [4.78, 5) is 8.12. The van der Waals surface area contributed by atoms with Gasteiger partial charge in [0.05, 0.1) is 6.20 Å². The highest BCUT2D eigenvalue weighted by Gasteiger charge is 2.16. The predicted molar refractivity (Wildman–Crippen MR) is 74.7 cm³/mol. The Labute approximate surface area is 111 Å². The van der Waals surface area contributed by atoms with E-state index < -0.39 is 0 Å². The lowest BCUT2D eigenvalue weighted by Crippen LogP contribution is -2.25. The van der Waals surface area contributed by atoms with Crippen molar-refractivity contribution in [2.24, 2.45) is 0 Å². The second-order valence-corrected chi connectivity index (χ2v) is 5.57. The van der Waals surface area contributed by atoms with Gasteiger partial charge in [0.15, 0.2) is 11.6 Å². The number of hydrogen-bond donors (Lipinski definition) is 2. The van der Waals surface area contributed by atoms with Crippen LogP contribution >= 0.6 is 11.8 Å². The molecule has 0 unspecified atom stereocenters. The van der Waals surface area contributed by atoms with E-state index >= 15 is 0 Å². The molecule has 1 saturated heterocycles. The Balaban J connectivity index is 2.00. The van der Waals surface area contributed by atoms with E-state index in [9.17, 15) is 4.39 Å². The summed E-state index contributed by atoms with van der Waals surface area (Å²) in [5, 5.41) is 6.25. The van der Waals surface area contributed by atoms with Crippen LogP contribution in [0.15, 0.2) is 6.20 Å². The molecule has 0 spiro atoms. The monoisotopic (exact) mass is 270 g/mol. The number of halogens is 1. The Bertz CT molecular complexity index is 382. The van der Waals surface area contributed by atoms with Crippen molar-refractivity contribution in [2.75, 3.05) is 28.7 Å². The Hall–Kier alpha value is -1.04. The maximum Gasteiger partial charge on any atom is 0.224 e. The summed E-state index contributed by atoms with van der Waals surface area (Å²) in [5.41, 5.74) is 0. The smallest absolute Gasteiger partial charge is 0.224 e. The first-order valence-corrected chi connectivity index (χ1v) is 7.55. The van der Waals surface area contributed by atoms with Crippen LogP contribution in [0.5, 0.6) is 0 Å². The molecule has 1 aliphatic heterocycles. The molecule has 1 aliphatic rings. The van der Waals surface area contributed by atoms with Crippen molar-refractivity contribution in [3.63, 3.8) is 0 Å². The third-order valence-electron chi connectivity index (χ3n) is 2.84. The van der Waals surface area contributed by atoms with Gasteiger partial charge in [-0.05, 0) is 30.8 Å². The lowest BCUT2D eigenvalue weighted by atomic mass is 10.1. The zero-order chi connectivity index (χ0) is 12.8. The molecule has 2 N–H and O–H groups in total. The number of nitrogens with zero attached hydrogens (tertiary/aromatic N) is 2. The summed E-state index contributed by atoms with van der Waals surface area (Å²) < 4.78 is 13.6. The van der Waals surface area contributed by atoms with Gasteiger partial charge in [-0.15, -0.1) is 0 Å². The molecular weight excluding hydrogens is 251 g/mol. The van der Waals surface area contributed by atoms with Gasteiger partial charge in [-0.25, -0.2) is 9.37 Å². The molecule has 6 heteroatoms. The number of aromatic nitrogens is 2. The number of thioether (sulfide) groups is 1. The van der Waals surface area contributed by atoms with Crippen LogP contribution in [0.1, 0.15) is 26.2 Å². The van der Waals surface area contributed by atoms with Crippen LogP contribution in [0.25, 0.3) is 0 Å². The second-order valence-electron chi connectivity index (χ2n) is 4.35. The van der Waals surface area contributed by atoms with E-state index in [-0.39, 0.29) is 5.82 Å². The van der Waals surface area contributed by atoms with Gasteiger partial charge in [-0.2, -0.15) is 16.7 Å². The molecule has 1 aromatic heterocycles. The van der Waals surface area contributed by atoms with Crippen molar-refractivity contribution in [1.29, 1.82) is 0 Å². The maximum absolute atomic E-state index is 13.6. The van der Waals surface area contributed by atoms with Gasteiger partial charge in [0, 0.05) is 12.6 Å². The Morgan fingerprint density at radius 2 is 2.22 bits per heavy atom. The van der Waals surface area contributed by atoms with Crippen molar-refractivity contribution in [3.05, 3.63) is 12.0 Å². The molecule has 1 fully saturated rings. The van der Waals surface area contributed by atoms with E-state index in [1.807, 2.05) is 11.8 Å². The third kappa shape index (κ3) is 3.73. The fraction of sp³-hybridized carbons (Fsp3) is 0.667. The SMILES string of the molecule is CCCNc1ncc(F)c(NC2CCSCC2)n1. The van der Waals surface area contributed by atoms with Crippen molar-refractivity contribution in [1.82, 2.24) is 9.97 Å². The largest absolute Gasteiger partial charge is 0.365 e. The van der Waals surface area contributed by atoms with Crippen molar-refractivity contribution in [2.45, 2.75) is 32.2 Å². The van der Waals surface area contributed by atoms with E-state index in [2.05, 4.69) is 27.5 Å². The summed E-state index contributed by atoms with van der Waals surface area (Å²) in [6.07, 6.45) is 4.34. The van der Waals surface area contributed by atoms with Crippen molar-refractivity contribution < 1.29 is 4.39 Å². The normalized spacial score (nSPS) is 16.6. The minimum atomic E-state index is -0.379. The van der Waals surface area contributed by atoms with Crippen molar-refractivity contribution in [3.8, 4) is 0 Å². The summed E-state index contributed by atoms with van der Waals surface area (Å²) >= 11 is 1.95. The predicted octanol–water partition coefficient (Wildman–Crippen LogP) is 2.75. The highest BCUT2D eigenvalue weighted by Crippen LogP contribution is 2.21. The lowest BCUT2D eigenvalue weighted by Gasteiger charge is -2.23. The number of hydrogen-bond acceptors (Lipinski definition) is 5. The molecule has 1 aromatic rings. The van der Waals surface area contributed by atoms with Crippen LogP contribution < -0.4 is 10.6 Å². The van der Waals surface area contributed by atoms with Crippen LogP contribution in [0.2, 0.25) is 0 Å².